The molecular formula is C9H19NO2. The Balaban J connectivity index is 3.68. The van der Waals surface area contributed by atoms with E-state index in [2.05, 4.69) is 5.32 Å². The minimum absolute atomic E-state index is 0.0230. The molecule has 0 spiro atoms. The van der Waals surface area contributed by atoms with Crippen LogP contribution in [0.25, 0.3) is 0 Å². The molecule has 0 aliphatic heterocycles. The number of aliphatic hydroxyl groups excluding tert-OH is 1. The van der Waals surface area contributed by atoms with Gasteiger partial charge in [0, 0.05) is 6.42 Å². The van der Waals surface area contributed by atoms with Crippen LogP contribution in [0.3, 0.4) is 0 Å². The lowest BCUT2D eigenvalue weighted by Gasteiger charge is -2.23. The van der Waals surface area contributed by atoms with Crippen molar-refractivity contribution in [2.24, 2.45) is 0 Å². The highest BCUT2D eigenvalue weighted by Crippen LogP contribution is 2.01. The number of carbonyl (C=O) groups excluding carboxylic acids is 1. The van der Waals surface area contributed by atoms with Gasteiger partial charge in [0.25, 0.3) is 0 Å². The van der Waals surface area contributed by atoms with E-state index < -0.39 is 5.54 Å². The summed E-state index contributed by atoms with van der Waals surface area (Å²) in [6.45, 7) is 5.63. The van der Waals surface area contributed by atoms with E-state index in [0.717, 1.165) is 12.8 Å². The first kappa shape index (κ1) is 11.4. The summed E-state index contributed by atoms with van der Waals surface area (Å²) in [6, 6.07) is 0. The van der Waals surface area contributed by atoms with Crippen LogP contribution in [0.15, 0.2) is 0 Å². The SMILES string of the molecule is CCCCC(=O)NC(C)(C)CO. The molecule has 0 heterocycles. The zero-order chi connectivity index (χ0) is 9.61. The number of rotatable bonds is 5. The lowest BCUT2D eigenvalue weighted by molar-refractivity contribution is -0.123. The molecule has 2 N–H and O–H groups in total. The smallest absolute Gasteiger partial charge is 0.220 e. The fourth-order valence-corrected chi connectivity index (χ4v) is 0.817. The Kier molecular flexibility index (Phi) is 4.90. The Morgan fingerprint density at radius 1 is 1.50 bits per heavy atom. The number of nitrogens with one attached hydrogen (secondary N) is 1. The average molecular weight is 173 g/mol. The molecule has 0 saturated heterocycles. The Morgan fingerprint density at radius 3 is 2.50 bits per heavy atom. The fraction of sp³-hybridized carbons (Fsp3) is 0.889. The molecule has 0 fully saturated rings. The Bertz CT molecular complexity index is 143. The fourth-order valence-electron chi connectivity index (χ4n) is 0.817. The maximum Gasteiger partial charge on any atom is 0.220 e. The number of hydrogen-bond acceptors (Lipinski definition) is 2. The van der Waals surface area contributed by atoms with E-state index in [-0.39, 0.29) is 12.5 Å². The number of hydrogen-bond donors (Lipinski definition) is 2. The molecule has 12 heavy (non-hydrogen) atoms. The van der Waals surface area contributed by atoms with Crippen molar-refractivity contribution in [2.45, 2.75) is 45.6 Å². The summed E-state index contributed by atoms with van der Waals surface area (Å²) < 4.78 is 0. The van der Waals surface area contributed by atoms with Gasteiger partial charge in [-0.25, -0.2) is 0 Å². The van der Waals surface area contributed by atoms with E-state index in [1.165, 1.54) is 0 Å². The van der Waals surface area contributed by atoms with Gasteiger partial charge in [-0.05, 0) is 20.3 Å². The molecular weight excluding hydrogens is 154 g/mol. The van der Waals surface area contributed by atoms with Crippen molar-refractivity contribution in [3.63, 3.8) is 0 Å². The predicted octanol–water partition coefficient (Wildman–Crippen LogP) is 1.06. The lowest BCUT2D eigenvalue weighted by atomic mass is 10.1. The van der Waals surface area contributed by atoms with Crippen molar-refractivity contribution in [3.05, 3.63) is 0 Å². The van der Waals surface area contributed by atoms with Crippen molar-refractivity contribution in [3.8, 4) is 0 Å². The van der Waals surface area contributed by atoms with Crippen LogP contribution in [-0.4, -0.2) is 23.2 Å². The standard InChI is InChI=1S/C9H19NO2/c1-4-5-6-8(12)10-9(2,3)7-11/h11H,4-7H2,1-3H3,(H,10,12). The third-order valence-electron chi connectivity index (χ3n) is 1.63. The van der Waals surface area contributed by atoms with E-state index >= 15 is 0 Å². The first-order chi connectivity index (χ1) is 5.52. The summed E-state index contributed by atoms with van der Waals surface area (Å²) in [5.74, 6) is 0.0240. The first-order valence-corrected chi connectivity index (χ1v) is 4.43. The van der Waals surface area contributed by atoms with Crippen molar-refractivity contribution < 1.29 is 9.90 Å². The minimum Gasteiger partial charge on any atom is -0.394 e. The minimum atomic E-state index is -0.481. The summed E-state index contributed by atoms with van der Waals surface area (Å²) in [5.41, 5.74) is -0.481. The quantitative estimate of drug-likeness (QED) is 0.653. The second-order valence-corrected chi connectivity index (χ2v) is 3.69. The monoisotopic (exact) mass is 173 g/mol. The summed E-state index contributed by atoms with van der Waals surface area (Å²) in [5, 5.41) is 11.6. The van der Waals surface area contributed by atoms with E-state index in [9.17, 15) is 4.79 Å². The maximum atomic E-state index is 11.2. The van der Waals surface area contributed by atoms with E-state index in [1.807, 2.05) is 6.92 Å². The second kappa shape index (κ2) is 5.14. The number of carbonyl (C=O) groups is 1. The third-order valence-corrected chi connectivity index (χ3v) is 1.63. The molecule has 0 radical (unpaired) electrons. The molecule has 0 atom stereocenters. The van der Waals surface area contributed by atoms with Crippen LogP contribution >= 0.6 is 0 Å². The highest BCUT2D eigenvalue weighted by atomic mass is 16.3. The summed E-state index contributed by atoms with van der Waals surface area (Å²) >= 11 is 0. The second-order valence-electron chi connectivity index (χ2n) is 3.69. The predicted molar refractivity (Wildman–Crippen MR) is 48.8 cm³/mol. The maximum absolute atomic E-state index is 11.2. The van der Waals surface area contributed by atoms with Gasteiger partial charge in [-0.15, -0.1) is 0 Å². The van der Waals surface area contributed by atoms with Crippen LogP contribution in [0.5, 0.6) is 0 Å². The van der Waals surface area contributed by atoms with Gasteiger partial charge in [0.05, 0.1) is 12.1 Å². The van der Waals surface area contributed by atoms with Crippen LogP contribution in [0, 0.1) is 0 Å². The van der Waals surface area contributed by atoms with Crippen LogP contribution in [0.4, 0.5) is 0 Å². The van der Waals surface area contributed by atoms with Crippen molar-refractivity contribution in [1.82, 2.24) is 5.32 Å². The molecule has 0 aromatic carbocycles. The number of unbranched alkanes of at least 4 members (excludes halogenated alkanes) is 1. The average Bonchev–Trinajstić information content (AvgIpc) is 2.00. The van der Waals surface area contributed by atoms with Crippen molar-refractivity contribution >= 4 is 5.91 Å². The summed E-state index contributed by atoms with van der Waals surface area (Å²) in [6.07, 6.45) is 2.49. The molecule has 72 valence electrons. The Morgan fingerprint density at radius 2 is 2.08 bits per heavy atom. The zero-order valence-corrected chi connectivity index (χ0v) is 8.18. The number of aliphatic hydroxyl groups is 1. The van der Waals surface area contributed by atoms with Gasteiger partial charge >= 0.3 is 0 Å². The first-order valence-electron chi connectivity index (χ1n) is 4.43. The summed E-state index contributed by atoms with van der Waals surface area (Å²) in [4.78, 5) is 11.2. The van der Waals surface area contributed by atoms with Gasteiger partial charge in [0.1, 0.15) is 0 Å². The van der Waals surface area contributed by atoms with Crippen LogP contribution in [-0.2, 0) is 4.79 Å². The molecule has 3 heteroatoms. The van der Waals surface area contributed by atoms with E-state index in [1.54, 1.807) is 13.8 Å². The molecule has 1 amide bonds. The molecule has 0 aliphatic carbocycles. The van der Waals surface area contributed by atoms with E-state index in [4.69, 9.17) is 5.11 Å². The van der Waals surface area contributed by atoms with Crippen LogP contribution < -0.4 is 5.32 Å². The molecule has 0 saturated carbocycles. The highest BCUT2D eigenvalue weighted by Gasteiger charge is 2.17. The molecule has 3 nitrogen and oxygen atoms in total. The zero-order valence-electron chi connectivity index (χ0n) is 8.18. The molecule has 0 aliphatic rings. The molecule has 0 aromatic rings. The van der Waals surface area contributed by atoms with Crippen LogP contribution in [0.1, 0.15) is 40.0 Å². The molecule has 0 aromatic heterocycles. The topological polar surface area (TPSA) is 49.3 Å². The largest absolute Gasteiger partial charge is 0.394 e. The Hall–Kier alpha value is -0.570. The molecule has 0 bridgehead atoms. The highest BCUT2D eigenvalue weighted by molar-refractivity contribution is 5.76. The van der Waals surface area contributed by atoms with Gasteiger partial charge in [-0.1, -0.05) is 13.3 Å². The Labute approximate surface area is 74.2 Å². The van der Waals surface area contributed by atoms with Gasteiger partial charge in [-0.3, -0.25) is 4.79 Å². The van der Waals surface area contributed by atoms with Crippen LogP contribution in [0.2, 0.25) is 0 Å². The molecule has 0 unspecified atom stereocenters. The van der Waals surface area contributed by atoms with Gasteiger partial charge in [0.15, 0.2) is 0 Å². The molecule has 0 rings (SSSR count). The van der Waals surface area contributed by atoms with Crippen molar-refractivity contribution in [1.29, 1.82) is 0 Å². The van der Waals surface area contributed by atoms with Gasteiger partial charge in [-0.2, -0.15) is 0 Å². The third kappa shape index (κ3) is 5.13. The number of amides is 1. The van der Waals surface area contributed by atoms with Gasteiger partial charge in [0.2, 0.25) is 5.91 Å². The lowest BCUT2D eigenvalue weighted by Crippen LogP contribution is -2.46. The summed E-state index contributed by atoms with van der Waals surface area (Å²) in [7, 11) is 0. The normalized spacial score (nSPS) is 11.3. The van der Waals surface area contributed by atoms with Crippen molar-refractivity contribution in [2.75, 3.05) is 6.61 Å². The van der Waals surface area contributed by atoms with Gasteiger partial charge < -0.3 is 10.4 Å². The van der Waals surface area contributed by atoms with E-state index in [0.29, 0.717) is 6.42 Å².